The van der Waals surface area contributed by atoms with Gasteiger partial charge in [0.2, 0.25) is 11.9 Å². The van der Waals surface area contributed by atoms with Crippen molar-refractivity contribution in [1.29, 1.82) is 0 Å². The van der Waals surface area contributed by atoms with Gasteiger partial charge in [-0.15, -0.1) is 0 Å². The van der Waals surface area contributed by atoms with Gasteiger partial charge in [0.05, 0.1) is 17.5 Å². The van der Waals surface area contributed by atoms with E-state index < -0.39 is 17.6 Å². The molecule has 0 aliphatic heterocycles. The number of halogens is 3. The standard InChI is InChI=1S/C32H32F3N3O2/c1-4-25(26-16-13-23(33)20-28(26)34)31(22-12-17-29-27(19-22)32(35)37-36-29)21-10-14-24(15-11-21)40-18-8-6-5-7-9-30(39)38(2)3/h7,9-17,19-20H,4-6,8,18H2,1-3H3,(H,36,37)/b9-7+,31-25+. The van der Waals surface area contributed by atoms with Crippen LogP contribution >= 0.6 is 0 Å². The van der Waals surface area contributed by atoms with Crippen molar-refractivity contribution in [1.82, 2.24) is 15.1 Å². The van der Waals surface area contributed by atoms with Gasteiger partial charge in [-0.05, 0) is 90.4 Å². The lowest BCUT2D eigenvalue weighted by atomic mass is 9.87. The summed E-state index contributed by atoms with van der Waals surface area (Å²) in [5.41, 5.74) is 3.61. The van der Waals surface area contributed by atoms with Crippen molar-refractivity contribution in [2.75, 3.05) is 20.7 Å². The van der Waals surface area contributed by atoms with Gasteiger partial charge in [-0.25, -0.2) is 8.78 Å². The fourth-order valence-electron chi connectivity index (χ4n) is 4.49. The number of carbonyl (C=O) groups is 1. The second kappa shape index (κ2) is 13.2. The summed E-state index contributed by atoms with van der Waals surface area (Å²) in [5, 5.41) is 6.64. The highest BCUT2D eigenvalue weighted by molar-refractivity contribution is 6.00. The number of aromatic amines is 1. The first-order chi connectivity index (χ1) is 19.3. The summed E-state index contributed by atoms with van der Waals surface area (Å²) in [6.07, 6.45) is 6.40. The molecule has 4 aromatic rings. The van der Waals surface area contributed by atoms with Crippen molar-refractivity contribution in [2.45, 2.75) is 32.6 Å². The van der Waals surface area contributed by atoms with Crippen molar-refractivity contribution < 1.29 is 22.7 Å². The molecule has 0 atom stereocenters. The molecule has 0 bridgehead atoms. The lowest BCUT2D eigenvalue weighted by molar-refractivity contribution is -0.123. The zero-order valence-corrected chi connectivity index (χ0v) is 22.8. The molecule has 0 saturated carbocycles. The molecule has 8 heteroatoms. The Balaban J connectivity index is 1.58. The average Bonchev–Trinajstić information content (AvgIpc) is 3.31. The zero-order valence-electron chi connectivity index (χ0n) is 22.8. The Kier molecular flexibility index (Phi) is 9.43. The first-order valence-electron chi connectivity index (χ1n) is 13.2. The van der Waals surface area contributed by atoms with Crippen LogP contribution in [0, 0.1) is 17.6 Å². The van der Waals surface area contributed by atoms with E-state index in [0.29, 0.717) is 46.4 Å². The van der Waals surface area contributed by atoms with Crippen LogP contribution in [0.5, 0.6) is 5.75 Å². The summed E-state index contributed by atoms with van der Waals surface area (Å²) in [7, 11) is 3.43. The Morgan fingerprint density at radius 1 is 0.975 bits per heavy atom. The highest BCUT2D eigenvalue weighted by Gasteiger charge is 2.18. The third-order valence-corrected chi connectivity index (χ3v) is 6.59. The van der Waals surface area contributed by atoms with Crippen LogP contribution in [0.3, 0.4) is 0 Å². The molecule has 3 aromatic carbocycles. The highest BCUT2D eigenvalue weighted by atomic mass is 19.1. The van der Waals surface area contributed by atoms with Gasteiger partial charge in [0.15, 0.2) is 0 Å². The van der Waals surface area contributed by atoms with Crippen LogP contribution < -0.4 is 4.74 Å². The molecule has 1 aromatic heterocycles. The maximum atomic E-state index is 14.9. The van der Waals surface area contributed by atoms with Crippen LogP contribution in [-0.2, 0) is 4.79 Å². The van der Waals surface area contributed by atoms with Crippen LogP contribution in [0.15, 0.2) is 72.8 Å². The number of benzene rings is 3. The number of hydrogen-bond acceptors (Lipinski definition) is 3. The van der Waals surface area contributed by atoms with Crippen LogP contribution in [0.25, 0.3) is 22.0 Å². The Morgan fingerprint density at radius 3 is 2.42 bits per heavy atom. The first kappa shape index (κ1) is 28.7. The number of H-pyrrole nitrogens is 1. The highest BCUT2D eigenvalue weighted by Crippen LogP contribution is 2.37. The van der Waals surface area contributed by atoms with E-state index in [1.54, 1.807) is 32.3 Å². The third-order valence-electron chi connectivity index (χ3n) is 6.59. The minimum Gasteiger partial charge on any atom is -0.494 e. The molecule has 5 nitrogen and oxygen atoms in total. The van der Waals surface area contributed by atoms with Crippen molar-refractivity contribution in [3.63, 3.8) is 0 Å². The fourth-order valence-corrected chi connectivity index (χ4v) is 4.49. The molecule has 1 N–H and O–H groups in total. The van der Waals surface area contributed by atoms with E-state index in [9.17, 15) is 18.0 Å². The molecule has 0 spiro atoms. The number of allylic oxidation sites excluding steroid dienone is 2. The number of likely N-dealkylation sites (N-methyl/N-ethyl adjacent to an activating group) is 1. The van der Waals surface area contributed by atoms with E-state index in [4.69, 9.17) is 4.74 Å². The van der Waals surface area contributed by atoms with Gasteiger partial charge in [-0.1, -0.05) is 31.2 Å². The molecule has 40 heavy (non-hydrogen) atoms. The summed E-state index contributed by atoms with van der Waals surface area (Å²) in [5.74, 6) is -1.21. The minimum absolute atomic E-state index is 0.0343. The average molecular weight is 548 g/mol. The maximum absolute atomic E-state index is 14.9. The Hall–Kier alpha value is -4.33. The van der Waals surface area contributed by atoms with Crippen LogP contribution in [0.4, 0.5) is 13.2 Å². The van der Waals surface area contributed by atoms with Crippen molar-refractivity contribution in [3.8, 4) is 5.75 Å². The Labute approximate surface area is 232 Å². The lowest BCUT2D eigenvalue weighted by Crippen LogP contribution is -2.18. The molecule has 0 aliphatic carbocycles. The predicted molar refractivity (Wildman–Crippen MR) is 152 cm³/mol. The van der Waals surface area contributed by atoms with Crippen molar-refractivity contribution >= 4 is 28.0 Å². The Bertz CT molecular complexity index is 1540. The molecule has 1 heterocycles. The van der Waals surface area contributed by atoms with Gasteiger partial charge < -0.3 is 9.64 Å². The maximum Gasteiger partial charge on any atom is 0.245 e. The summed E-state index contributed by atoms with van der Waals surface area (Å²) in [6.45, 7) is 2.42. The Morgan fingerprint density at radius 2 is 1.73 bits per heavy atom. The molecule has 208 valence electrons. The number of hydrogen-bond donors (Lipinski definition) is 1. The predicted octanol–water partition coefficient (Wildman–Crippen LogP) is 7.54. The van der Waals surface area contributed by atoms with Crippen LogP contribution in [0.2, 0.25) is 0 Å². The SMILES string of the molecule is CC/C(=C(/c1ccc(OCCCC/C=C/C(=O)N(C)C)cc1)c1ccc2n[nH]c(F)c2c1)c1ccc(F)cc1F. The number of fused-ring (bicyclic) bond motifs is 1. The quantitative estimate of drug-likeness (QED) is 0.120. The summed E-state index contributed by atoms with van der Waals surface area (Å²) in [4.78, 5) is 13.1. The van der Waals surface area contributed by atoms with Gasteiger partial charge in [0, 0.05) is 25.7 Å². The van der Waals surface area contributed by atoms with E-state index in [1.165, 1.54) is 17.0 Å². The molecular weight excluding hydrogens is 515 g/mol. The van der Waals surface area contributed by atoms with E-state index in [-0.39, 0.29) is 11.5 Å². The molecule has 0 radical (unpaired) electrons. The summed E-state index contributed by atoms with van der Waals surface area (Å²) in [6, 6.07) is 16.2. The van der Waals surface area contributed by atoms with Gasteiger partial charge >= 0.3 is 0 Å². The molecule has 0 fully saturated rings. The number of nitrogens with one attached hydrogen (secondary N) is 1. The molecule has 4 rings (SSSR count). The van der Waals surface area contributed by atoms with Gasteiger partial charge in [-0.3, -0.25) is 9.89 Å². The van der Waals surface area contributed by atoms with E-state index in [2.05, 4.69) is 10.2 Å². The molecule has 0 aliphatic rings. The van der Waals surface area contributed by atoms with Crippen molar-refractivity contribution in [2.24, 2.45) is 0 Å². The number of ether oxygens (including phenoxy) is 1. The molecule has 1 amide bonds. The lowest BCUT2D eigenvalue weighted by Gasteiger charge is -2.17. The number of carbonyl (C=O) groups excluding carboxylic acids is 1. The van der Waals surface area contributed by atoms with E-state index in [0.717, 1.165) is 30.9 Å². The van der Waals surface area contributed by atoms with Crippen molar-refractivity contribution in [3.05, 3.63) is 107 Å². The second-order valence-electron chi connectivity index (χ2n) is 9.60. The molecule has 0 unspecified atom stereocenters. The molecular formula is C32H32F3N3O2. The smallest absolute Gasteiger partial charge is 0.245 e. The number of unbranched alkanes of at least 4 members (excludes halogenated alkanes) is 2. The topological polar surface area (TPSA) is 58.2 Å². The number of aromatic nitrogens is 2. The first-order valence-corrected chi connectivity index (χ1v) is 13.2. The van der Waals surface area contributed by atoms with Crippen LogP contribution in [-0.4, -0.2) is 41.7 Å². The fraction of sp³-hybridized carbons (Fsp3) is 0.250. The summed E-state index contributed by atoms with van der Waals surface area (Å²) >= 11 is 0. The van der Waals surface area contributed by atoms with Gasteiger partial charge in [-0.2, -0.15) is 9.49 Å². The van der Waals surface area contributed by atoms with E-state index >= 15 is 0 Å². The van der Waals surface area contributed by atoms with Crippen LogP contribution in [0.1, 0.15) is 49.3 Å². The number of amides is 1. The minimum atomic E-state index is -0.661. The zero-order chi connectivity index (χ0) is 28.6. The van der Waals surface area contributed by atoms with E-state index in [1.807, 2.05) is 43.3 Å². The normalized spacial score (nSPS) is 12.2. The van der Waals surface area contributed by atoms with Gasteiger partial charge in [0.1, 0.15) is 17.4 Å². The largest absolute Gasteiger partial charge is 0.494 e. The third kappa shape index (κ3) is 6.81. The summed E-state index contributed by atoms with van der Waals surface area (Å²) < 4.78 is 48.9. The monoisotopic (exact) mass is 547 g/mol. The molecule has 0 saturated heterocycles. The second-order valence-corrected chi connectivity index (χ2v) is 9.60. The number of rotatable bonds is 11. The number of nitrogens with zero attached hydrogens (tertiary/aromatic N) is 2. The van der Waals surface area contributed by atoms with Gasteiger partial charge in [0.25, 0.3) is 0 Å².